The molecule has 10 heteroatoms. The van der Waals surface area contributed by atoms with Crippen LogP contribution in [-0.4, -0.2) is 43.4 Å². The highest BCUT2D eigenvalue weighted by Gasteiger charge is 2.24. The Morgan fingerprint density at radius 3 is 2.84 bits per heavy atom. The Bertz CT molecular complexity index is 1240. The number of nitrogens with one attached hydrogen (secondary N) is 1. The number of amides is 1. The van der Waals surface area contributed by atoms with Crippen LogP contribution < -0.4 is 10.2 Å². The topological polar surface area (TPSA) is 80.3 Å². The van der Waals surface area contributed by atoms with Crippen molar-refractivity contribution in [2.45, 2.75) is 32.7 Å². The summed E-state index contributed by atoms with van der Waals surface area (Å²) in [6.45, 7) is 4.42. The highest BCUT2D eigenvalue weighted by atomic mass is 32.1. The first kappa shape index (κ1) is 19.7. The van der Waals surface area contributed by atoms with Crippen LogP contribution >= 0.6 is 11.3 Å². The van der Waals surface area contributed by atoms with E-state index >= 15 is 0 Å². The molecule has 4 heterocycles. The van der Waals surface area contributed by atoms with E-state index in [2.05, 4.69) is 15.3 Å². The lowest BCUT2D eigenvalue weighted by Gasteiger charge is -2.25. The van der Waals surface area contributed by atoms with Crippen molar-refractivity contribution in [2.75, 3.05) is 23.3 Å². The van der Waals surface area contributed by atoms with E-state index in [1.54, 1.807) is 33.6 Å². The summed E-state index contributed by atoms with van der Waals surface area (Å²) in [5, 5.41) is 12.7. The Morgan fingerprint density at radius 1 is 1.23 bits per heavy atom. The van der Waals surface area contributed by atoms with Gasteiger partial charge in [-0.05, 0) is 44.4 Å². The lowest BCUT2D eigenvalue weighted by Crippen LogP contribution is -2.29. The zero-order chi connectivity index (χ0) is 21.4. The number of hydrogen-bond acceptors (Lipinski definition) is 6. The molecule has 8 nitrogen and oxygen atoms in total. The number of aryl methyl sites for hydroxylation is 1. The molecule has 1 aliphatic heterocycles. The van der Waals surface area contributed by atoms with E-state index < -0.39 is 0 Å². The van der Waals surface area contributed by atoms with Crippen LogP contribution in [0, 0.1) is 5.82 Å². The molecule has 0 saturated carbocycles. The maximum absolute atomic E-state index is 13.9. The number of piperidine rings is 1. The number of rotatable bonds is 5. The molecule has 1 amide bonds. The van der Waals surface area contributed by atoms with Crippen molar-refractivity contribution in [1.82, 2.24) is 24.4 Å². The highest BCUT2D eigenvalue weighted by molar-refractivity contribution is 7.20. The first-order valence-corrected chi connectivity index (χ1v) is 11.2. The van der Waals surface area contributed by atoms with Gasteiger partial charge < -0.3 is 10.2 Å². The van der Waals surface area contributed by atoms with Crippen molar-refractivity contribution >= 4 is 33.2 Å². The van der Waals surface area contributed by atoms with Crippen LogP contribution in [-0.2, 0) is 6.54 Å². The summed E-state index contributed by atoms with van der Waals surface area (Å²) in [4.78, 5) is 20.6. The van der Waals surface area contributed by atoms with Crippen LogP contribution in [0.3, 0.4) is 0 Å². The molecular formula is C21H22FN7OS. The van der Waals surface area contributed by atoms with Crippen molar-refractivity contribution in [1.29, 1.82) is 0 Å². The summed E-state index contributed by atoms with van der Waals surface area (Å²) < 4.78 is 17.2. The van der Waals surface area contributed by atoms with Gasteiger partial charge in [-0.1, -0.05) is 23.5 Å². The number of nitrogens with zero attached hydrogens (tertiary/aromatic N) is 6. The van der Waals surface area contributed by atoms with Crippen molar-refractivity contribution in [3.8, 4) is 11.3 Å². The van der Waals surface area contributed by atoms with E-state index in [1.807, 2.05) is 6.92 Å². The number of hydrogen-bond donors (Lipinski definition) is 1. The smallest absolute Gasteiger partial charge is 0.275 e. The predicted octanol–water partition coefficient (Wildman–Crippen LogP) is 4.06. The van der Waals surface area contributed by atoms with Crippen LogP contribution in [0.2, 0.25) is 0 Å². The predicted molar refractivity (Wildman–Crippen MR) is 118 cm³/mol. The average molecular weight is 440 g/mol. The van der Waals surface area contributed by atoms with Crippen molar-refractivity contribution in [3.05, 3.63) is 48.0 Å². The third-order valence-electron chi connectivity index (χ3n) is 5.40. The average Bonchev–Trinajstić information content (AvgIpc) is 3.50. The monoisotopic (exact) mass is 439 g/mol. The standard InChI is InChI=1S/C21H22FN7OS/c1-2-28-16(9-10-23-28)19(30)25-18-17(14-7-6-8-15(22)13-14)24-20-29(18)26-21(31-20)27-11-4-3-5-12-27/h6-10,13H,2-5,11-12H2,1H3,(H,25,30). The molecule has 1 N–H and O–H groups in total. The van der Waals surface area contributed by atoms with Gasteiger partial charge >= 0.3 is 0 Å². The SMILES string of the molecule is CCn1nccc1C(=O)Nc1c(-c2cccc(F)c2)nc2sc(N3CCCCC3)nn12. The largest absolute Gasteiger partial charge is 0.347 e. The lowest BCUT2D eigenvalue weighted by molar-refractivity contribution is 0.101. The molecule has 4 aromatic rings. The van der Waals surface area contributed by atoms with Crippen LogP contribution in [0.15, 0.2) is 36.5 Å². The number of benzene rings is 1. The maximum Gasteiger partial charge on any atom is 0.275 e. The Labute approximate surface area is 182 Å². The van der Waals surface area contributed by atoms with Crippen LogP contribution in [0.4, 0.5) is 15.3 Å². The van der Waals surface area contributed by atoms with Gasteiger partial charge in [-0.25, -0.2) is 9.37 Å². The fourth-order valence-electron chi connectivity index (χ4n) is 3.85. The zero-order valence-corrected chi connectivity index (χ0v) is 17.9. The minimum absolute atomic E-state index is 0.314. The fourth-order valence-corrected chi connectivity index (χ4v) is 4.80. The second kappa shape index (κ2) is 8.10. The molecule has 31 heavy (non-hydrogen) atoms. The Kier molecular flexibility index (Phi) is 5.14. The molecule has 1 saturated heterocycles. The third kappa shape index (κ3) is 3.67. The molecular weight excluding hydrogens is 417 g/mol. The van der Waals surface area contributed by atoms with Gasteiger partial charge in [-0.3, -0.25) is 9.48 Å². The summed E-state index contributed by atoms with van der Waals surface area (Å²) >= 11 is 1.47. The van der Waals surface area contributed by atoms with Gasteiger partial charge in [-0.2, -0.15) is 9.61 Å². The highest BCUT2D eigenvalue weighted by Crippen LogP contribution is 2.34. The molecule has 0 aliphatic carbocycles. The molecule has 1 aromatic carbocycles. The number of anilines is 2. The van der Waals surface area contributed by atoms with Crippen molar-refractivity contribution in [2.24, 2.45) is 0 Å². The van der Waals surface area contributed by atoms with Crippen LogP contribution in [0.1, 0.15) is 36.7 Å². The number of halogens is 1. The van der Waals surface area contributed by atoms with E-state index in [0.717, 1.165) is 31.1 Å². The summed E-state index contributed by atoms with van der Waals surface area (Å²) in [6.07, 6.45) is 5.10. The van der Waals surface area contributed by atoms with Gasteiger partial charge in [-0.15, -0.1) is 5.10 Å². The first-order chi connectivity index (χ1) is 15.1. The van der Waals surface area contributed by atoms with Gasteiger partial charge in [0.05, 0.1) is 0 Å². The Morgan fingerprint density at radius 2 is 2.06 bits per heavy atom. The molecule has 1 fully saturated rings. The normalized spacial score (nSPS) is 14.3. The van der Waals surface area contributed by atoms with Gasteiger partial charge in [0.25, 0.3) is 5.91 Å². The molecule has 0 unspecified atom stereocenters. The van der Waals surface area contributed by atoms with Gasteiger partial charge in [0.1, 0.15) is 17.2 Å². The van der Waals surface area contributed by atoms with E-state index in [-0.39, 0.29) is 11.7 Å². The zero-order valence-electron chi connectivity index (χ0n) is 17.1. The summed E-state index contributed by atoms with van der Waals surface area (Å²) in [5.41, 5.74) is 1.50. The second-order valence-corrected chi connectivity index (χ2v) is 8.37. The van der Waals surface area contributed by atoms with Crippen molar-refractivity contribution < 1.29 is 9.18 Å². The lowest BCUT2D eigenvalue weighted by atomic mass is 10.1. The van der Waals surface area contributed by atoms with E-state index in [1.165, 1.54) is 29.9 Å². The van der Waals surface area contributed by atoms with Crippen molar-refractivity contribution in [3.63, 3.8) is 0 Å². The van der Waals surface area contributed by atoms with Crippen LogP contribution in [0.25, 0.3) is 16.2 Å². The fraction of sp³-hybridized carbons (Fsp3) is 0.333. The molecule has 3 aromatic heterocycles. The summed E-state index contributed by atoms with van der Waals surface area (Å²) in [7, 11) is 0. The summed E-state index contributed by atoms with van der Waals surface area (Å²) in [6, 6.07) is 7.85. The second-order valence-electron chi connectivity index (χ2n) is 7.43. The van der Waals surface area contributed by atoms with E-state index in [9.17, 15) is 9.18 Å². The van der Waals surface area contributed by atoms with E-state index in [0.29, 0.717) is 34.3 Å². The summed E-state index contributed by atoms with van der Waals surface area (Å²) in [5.74, 6) is -0.252. The molecule has 1 aliphatic rings. The maximum atomic E-state index is 13.9. The number of carbonyl (C=O) groups is 1. The van der Waals surface area contributed by atoms with Gasteiger partial charge in [0.15, 0.2) is 5.82 Å². The van der Waals surface area contributed by atoms with Gasteiger partial charge in [0, 0.05) is 31.4 Å². The molecule has 5 rings (SSSR count). The first-order valence-electron chi connectivity index (χ1n) is 10.4. The number of imidazole rings is 1. The molecule has 160 valence electrons. The Balaban J connectivity index is 1.58. The molecule has 0 bridgehead atoms. The quantitative estimate of drug-likeness (QED) is 0.507. The van der Waals surface area contributed by atoms with Crippen LogP contribution in [0.5, 0.6) is 0 Å². The minimum Gasteiger partial charge on any atom is -0.347 e. The van der Waals surface area contributed by atoms with E-state index in [4.69, 9.17) is 10.1 Å². The number of carbonyl (C=O) groups excluding carboxylic acids is 1. The molecule has 0 atom stereocenters. The number of fused-ring (bicyclic) bond motifs is 1. The Hall–Kier alpha value is -3.27. The third-order valence-corrected chi connectivity index (χ3v) is 6.37. The molecule has 0 spiro atoms. The molecule has 0 radical (unpaired) electrons. The van der Waals surface area contributed by atoms with Gasteiger partial charge in [0.2, 0.25) is 10.1 Å². The number of aromatic nitrogens is 5. The minimum atomic E-state index is -0.364.